The summed E-state index contributed by atoms with van der Waals surface area (Å²) < 4.78 is 0. The van der Waals surface area contributed by atoms with Gasteiger partial charge in [-0.25, -0.2) is 0 Å². The second-order valence-electron chi connectivity index (χ2n) is 5.46. The topological polar surface area (TPSA) is 50.3 Å². The van der Waals surface area contributed by atoms with Crippen LogP contribution in [0.1, 0.15) is 22.5 Å². The van der Waals surface area contributed by atoms with E-state index < -0.39 is 0 Å². The lowest BCUT2D eigenvalue weighted by molar-refractivity contribution is -0.123. The summed E-state index contributed by atoms with van der Waals surface area (Å²) in [6, 6.07) is 13.4. The van der Waals surface area contributed by atoms with Gasteiger partial charge in [-0.15, -0.1) is 0 Å². The van der Waals surface area contributed by atoms with Gasteiger partial charge in [0.1, 0.15) is 0 Å². The van der Waals surface area contributed by atoms with Crippen molar-refractivity contribution in [3.63, 3.8) is 0 Å². The lowest BCUT2D eigenvalue weighted by Crippen LogP contribution is -2.27. The molecular weight excluding hydrogens is 308 g/mol. The Labute approximate surface area is 139 Å². The summed E-state index contributed by atoms with van der Waals surface area (Å²) in [7, 11) is 0. The fourth-order valence-corrected chi connectivity index (χ4v) is 3.23. The fourth-order valence-electron chi connectivity index (χ4n) is 2.41. The zero-order valence-corrected chi connectivity index (χ0v) is 13.8. The summed E-state index contributed by atoms with van der Waals surface area (Å²) >= 11 is 0.964. The maximum Gasteiger partial charge on any atom is 0.293 e. The molecule has 1 fully saturated rings. The van der Waals surface area contributed by atoms with Crippen molar-refractivity contribution in [3.05, 3.63) is 69.9 Å². The summed E-state index contributed by atoms with van der Waals surface area (Å²) in [5.41, 5.74) is 3.61. The maximum absolute atomic E-state index is 12.5. The summed E-state index contributed by atoms with van der Waals surface area (Å²) in [4.78, 5) is 30.7. The Kier molecular flexibility index (Phi) is 4.30. The van der Waals surface area contributed by atoms with Crippen LogP contribution in [-0.4, -0.2) is 21.0 Å². The molecule has 2 heterocycles. The number of pyridine rings is 1. The SMILES string of the molecule is Cc1cccc(CN2C(=O)S/C(=C\c3cccc(C)n3)C2=O)c1. The molecule has 3 rings (SSSR count). The van der Waals surface area contributed by atoms with Crippen molar-refractivity contribution >= 4 is 29.0 Å². The molecule has 2 aromatic rings. The Balaban J connectivity index is 1.82. The first-order valence-electron chi connectivity index (χ1n) is 7.27. The van der Waals surface area contributed by atoms with Crippen LogP contribution in [0.4, 0.5) is 4.79 Å². The van der Waals surface area contributed by atoms with E-state index in [0.717, 1.165) is 28.6 Å². The average molecular weight is 324 g/mol. The van der Waals surface area contributed by atoms with Crippen LogP contribution in [0.5, 0.6) is 0 Å². The maximum atomic E-state index is 12.5. The zero-order valence-electron chi connectivity index (χ0n) is 12.9. The normalized spacial score (nSPS) is 16.4. The van der Waals surface area contributed by atoms with Gasteiger partial charge in [0.05, 0.1) is 17.1 Å². The van der Waals surface area contributed by atoms with Crippen LogP contribution in [-0.2, 0) is 11.3 Å². The standard InChI is InChI=1S/C18H16N2O2S/c1-12-5-3-7-14(9-12)11-20-17(21)16(23-18(20)22)10-15-8-4-6-13(2)19-15/h3-10H,11H2,1-2H3/b16-10-. The molecule has 4 nitrogen and oxygen atoms in total. The monoisotopic (exact) mass is 324 g/mol. The Morgan fingerprint density at radius 1 is 1.13 bits per heavy atom. The highest BCUT2D eigenvalue weighted by Gasteiger charge is 2.35. The van der Waals surface area contributed by atoms with Gasteiger partial charge in [-0.3, -0.25) is 19.5 Å². The van der Waals surface area contributed by atoms with Crippen LogP contribution in [0.3, 0.4) is 0 Å². The number of aromatic nitrogens is 1. The quantitative estimate of drug-likeness (QED) is 0.803. The first-order chi connectivity index (χ1) is 11.0. The van der Waals surface area contributed by atoms with E-state index in [1.807, 2.05) is 56.3 Å². The third-order valence-corrected chi connectivity index (χ3v) is 4.39. The van der Waals surface area contributed by atoms with Crippen LogP contribution >= 0.6 is 11.8 Å². The molecule has 23 heavy (non-hydrogen) atoms. The van der Waals surface area contributed by atoms with Crippen molar-refractivity contribution in [1.29, 1.82) is 0 Å². The molecule has 1 aromatic heterocycles. The molecule has 0 radical (unpaired) electrons. The van der Waals surface area contributed by atoms with Crippen molar-refractivity contribution in [2.24, 2.45) is 0 Å². The highest BCUT2D eigenvalue weighted by atomic mass is 32.2. The molecule has 0 bridgehead atoms. The van der Waals surface area contributed by atoms with Gasteiger partial charge >= 0.3 is 0 Å². The highest BCUT2D eigenvalue weighted by molar-refractivity contribution is 8.18. The number of amides is 2. The van der Waals surface area contributed by atoms with E-state index in [9.17, 15) is 9.59 Å². The Morgan fingerprint density at radius 3 is 2.65 bits per heavy atom. The van der Waals surface area contributed by atoms with Gasteiger partial charge in [0.25, 0.3) is 11.1 Å². The minimum absolute atomic E-state index is 0.240. The number of aryl methyl sites for hydroxylation is 2. The van der Waals surface area contributed by atoms with E-state index >= 15 is 0 Å². The number of hydrogen-bond acceptors (Lipinski definition) is 4. The minimum Gasteiger partial charge on any atom is -0.268 e. The van der Waals surface area contributed by atoms with Crippen molar-refractivity contribution in [2.45, 2.75) is 20.4 Å². The summed E-state index contributed by atoms with van der Waals surface area (Å²) in [5, 5.41) is -0.240. The second-order valence-corrected chi connectivity index (χ2v) is 6.45. The average Bonchev–Trinajstić information content (AvgIpc) is 2.75. The number of rotatable bonds is 3. The fraction of sp³-hybridized carbons (Fsp3) is 0.167. The van der Waals surface area contributed by atoms with Crippen LogP contribution in [0, 0.1) is 13.8 Å². The predicted octanol–water partition coefficient (Wildman–Crippen LogP) is 3.93. The van der Waals surface area contributed by atoms with E-state index in [0.29, 0.717) is 17.1 Å². The predicted molar refractivity (Wildman–Crippen MR) is 91.7 cm³/mol. The molecule has 1 aliphatic heterocycles. The molecule has 1 saturated heterocycles. The zero-order chi connectivity index (χ0) is 16.4. The third kappa shape index (κ3) is 3.51. The molecule has 5 heteroatoms. The van der Waals surface area contributed by atoms with Crippen LogP contribution in [0.2, 0.25) is 0 Å². The van der Waals surface area contributed by atoms with Gasteiger partial charge in [0.15, 0.2) is 0 Å². The van der Waals surface area contributed by atoms with Gasteiger partial charge in [-0.05, 0) is 49.4 Å². The van der Waals surface area contributed by atoms with Crippen molar-refractivity contribution in [2.75, 3.05) is 0 Å². The highest BCUT2D eigenvalue weighted by Crippen LogP contribution is 2.33. The molecule has 0 aliphatic carbocycles. The van der Waals surface area contributed by atoms with E-state index in [1.165, 1.54) is 4.90 Å². The van der Waals surface area contributed by atoms with Crippen LogP contribution in [0.25, 0.3) is 6.08 Å². The van der Waals surface area contributed by atoms with Crippen molar-refractivity contribution in [3.8, 4) is 0 Å². The second kappa shape index (κ2) is 6.38. The molecular formula is C18H16N2O2S. The molecule has 1 aromatic carbocycles. The number of nitrogens with zero attached hydrogens (tertiary/aromatic N) is 2. The summed E-state index contributed by atoms with van der Waals surface area (Å²) in [6.45, 7) is 4.17. The number of imide groups is 1. The number of carbonyl (C=O) groups is 2. The smallest absolute Gasteiger partial charge is 0.268 e. The van der Waals surface area contributed by atoms with Crippen LogP contribution in [0.15, 0.2) is 47.4 Å². The molecule has 0 spiro atoms. The van der Waals surface area contributed by atoms with Gasteiger partial charge in [0, 0.05) is 5.69 Å². The Hall–Kier alpha value is -2.40. The minimum atomic E-state index is -0.259. The number of benzene rings is 1. The van der Waals surface area contributed by atoms with Crippen molar-refractivity contribution in [1.82, 2.24) is 9.88 Å². The number of carbonyl (C=O) groups excluding carboxylic acids is 2. The summed E-state index contributed by atoms with van der Waals surface area (Å²) in [6.07, 6.45) is 1.67. The largest absolute Gasteiger partial charge is 0.293 e. The third-order valence-electron chi connectivity index (χ3n) is 3.49. The van der Waals surface area contributed by atoms with E-state index in [-0.39, 0.29) is 11.1 Å². The molecule has 2 amide bonds. The van der Waals surface area contributed by atoms with Gasteiger partial charge in [-0.2, -0.15) is 0 Å². The van der Waals surface area contributed by atoms with E-state index in [4.69, 9.17) is 0 Å². The lowest BCUT2D eigenvalue weighted by Gasteiger charge is -2.12. The van der Waals surface area contributed by atoms with Gasteiger partial charge in [0.2, 0.25) is 0 Å². The van der Waals surface area contributed by atoms with Crippen LogP contribution < -0.4 is 0 Å². The molecule has 0 unspecified atom stereocenters. The first-order valence-corrected chi connectivity index (χ1v) is 8.09. The first kappa shape index (κ1) is 15.5. The summed E-state index contributed by atoms with van der Waals surface area (Å²) in [5.74, 6) is -0.259. The van der Waals surface area contributed by atoms with E-state index in [1.54, 1.807) is 6.08 Å². The molecule has 0 saturated carbocycles. The molecule has 0 N–H and O–H groups in total. The van der Waals surface area contributed by atoms with E-state index in [2.05, 4.69) is 4.98 Å². The van der Waals surface area contributed by atoms with Gasteiger partial charge in [-0.1, -0.05) is 35.9 Å². The molecule has 116 valence electrons. The lowest BCUT2D eigenvalue weighted by atomic mass is 10.1. The Morgan fingerprint density at radius 2 is 1.91 bits per heavy atom. The molecule has 0 atom stereocenters. The van der Waals surface area contributed by atoms with Crippen molar-refractivity contribution < 1.29 is 9.59 Å². The Bertz CT molecular complexity index is 814. The number of hydrogen-bond donors (Lipinski definition) is 0. The number of thioether (sulfide) groups is 1. The van der Waals surface area contributed by atoms with Gasteiger partial charge < -0.3 is 0 Å². The molecule has 1 aliphatic rings.